The summed E-state index contributed by atoms with van der Waals surface area (Å²) in [7, 11) is -7.10. The molecule has 1 aliphatic heterocycles. The quantitative estimate of drug-likeness (QED) is 0.858. The normalized spacial score (nSPS) is 26.0. The molecule has 1 saturated heterocycles. The highest BCUT2D eigenvalue weighted by Gasteiger charge is 2.45. The molecule has 1 N–H and O–H groups in total. The maximum atomic E-state index is 12.8. The Balaban J connectivity index is 2.36. The predicted molar refractivity (Wildman–Crippen MR) is 87.8 cm³/mol. The van der Waals surface area contributed by atoms with Crippen LogP contribution in [0.2, 0.25) is 5.02 Å². The van der Waals surface area contributed by atoms with Gasteiger partial charge in [0.1, 0.15) is 0 Å². The van der Waals surface area contributed by atoms with Gasteiger partial charge < -0.3 is 5.32 Å². The van der Waals surface area contributed by atoms with Gasteiger partial charge in [-0.05, 0) is 37.6 Å². The van der Waals surface area contributed by atoms with Crippen molar-refractivity contribution in [1.29, 1.82) is 0 Å². The fourth-order valence-corrected chi connectivity index (χ4v) is 7.36. The van der Waals surface area contributed by atoms with Crippen LogP contribution in [0.3, 0.4) is 0 Å². The van der Waals surface area contributed by atoms with Crippen LogP contribution in [0.25, 0.3) is 0 Å². The van der Waals surface area contributed by atoms with E-state index in [0.717, 1.165) is 6.42 Å². The zero-order valence-electron chi connectivity index (χ0n) is 12.5. The monoisotopic (exact) mass is 365 g/mol. The molecule has 3 unspecified atom stereocenters. The topological polar surface area (TPSA) is 80.3 Å². The van der Waals surface area contributed by atoms with Gasteiger partial charge in [0, 0.05) is 17.1 Å². The third kappa shape index (κ3) is 3.82. The van der Waals surface area contributed by atoms with Gasteiger partial charge in [-0.3, -0.25) is 0 Å². The van der Waals surface area contributed by atoms with Crippen LogP contribution in [0.4, 0.5) is 0 Å². The number of benzene rings is 1. The lowest BCUT2D eigenvalue weighted by Gasteiger charge is -2.23. The number of halogens is 1. The number of sulfone groups is 2. The molecule has 8 heteroatoms. The highest BCUT2D eigenvalue weighted by Crippen LogP contribution is 2.27. The Morgan fingerprint density at radius 1 is 1.27 bits per heavy atom. The van der Waals surface area contributed by atoms with Gasteiger partial charge >= 0.3 is 0 Å². The zero-order valence-corrected chi connectivity index (χ0v) is 14.9. The number of rotatable bonds is 5. The molecule has 2 rings (SSSR count). The lowest BCUT2D eigenvalue weighted by atomic mass is 10.2. The fourth-order valence-electron chi connectivity index (χ4n) is 2.56. The molecular weight excluding hydrogens is 346 g/mol. The van der Waals surface area contributed by atoms with E-state index in [4.69, 9.17) is 11.6 Å². The summed E-state index contributed by atoms with van der Waals surface area (Å²) in [5, 5.41) is 2.61. The van der Waals surface area contributed by atoms with E-state index in [1.165, 1.54) is 24.3 Å². The summed E-state index contributed by atoms with van der Waals surface area (Å²) in [6, 6.07) is 5.30. The molecule has 1 aromatic rings. The molecule has 0 bridgehead atoms. The van der Waals surface area contributed by atoms with Crippen molar-refractivity contribution in [2.24, 2.45) is 0 Å². The molecule has 124 valence electrons. The number of hydrogen-bond donors (Lipinski definition) is 1. The van der Waals surface area contributed by atoms with E-state index in [0.29, 0.717) is 5.02 Å². The third-order valence-corrected chi connectivity index (χ3v) is 8.37. The van der Waals surface area contributed by atoms with Crippen LogP contribution in [0.5, 0.6) is 0 Å². The highest BCUT2D eigenvalue weighted by molar-refractivity contribution is 7.96. The van der Waals surface area contributed by atoms with E-state index in [1.807, 2.05) is 13.8 Å². The molecule has 0 radical (unpaired) electrons. The lowest BCUT2D eigenvalue weighted by molar-refractivity contribution is 0.456. The van der Waals surface area contributed by atoms with Gasteiger partial charge in [-0.1, -0.05) is 18.5 Å². The second-order valence-corrected chi connectivity index (χ2v) is 10.5. The van der Waals surface area contributed by atoms with Crippen LogP contribution in [-0.2, 0) is 19.7 Å². The van der Waals surface area contributed by atoms with Crippen molar-refractivity contribution in [3.8, 4) is 0 Å². The molecule has 5 nitrogen and oxygen atoms in total. The van der Waals surface area contributed by atoms with Crippen LogP contribution in [-0.4, -0.2) is 45.7 Å². The molecular formula is C14H20ClNO4S2. The summed E-state index contributed by atoms with van der Waals surface area (Å²) in [5.41, 5.74) is 0. The van der Waals surface area contributed by atoms with Gasteiger partial charge in [0.2, 0.25) is 0 Å². The predicted octanol–water partition coefficient (Wildman–Crippen LogP) is 1.67. The molecule has 1 heterocycles. The van der Waals surface area contributed by atoms with Crippen molar-refractivity contribution in [2.45, 2.75) is 42.5 Å². The Morgan fingerprint density at radius 2 is 1.86 bits per heavy atom. The summed E-state index contributed by atoms with van der Waals surface area (Å²) < 4.78 is 49.4. The first kappa shape index (κ1) is 17.7. The summed E-state index contributed by atoms with van der Waals surface area (Å²) in [6.45, 7) is 3.88. The fraction of sp³-hybridized carbons (Fsp3) is 0.571. The minimum atomic E-state index is -3.73. The molecule has 3 atom stereocenters. The Morgan fingerprint density at radius 3 is 2.41 bits per heavy atom. The molecule has 0 aliphatic carbocycles. The van der Waals surface area contributed by atoms with Gasteiger partial charge in [0.05, 0.1) is 21.7 Å². The average molecular weight is 366 g/mol. The second kappa shape index (κ2) is 6.47. The summed E-state index contributed by atoms with van der Waals surface area (Å²) in [6.07, 6.45) is 0.796. The Hall–Kier alpha value is -0.630. The number of nitrogens with one attached hydrogen (secondary N) is 1. The van der Waals surface area contributed by atoms with Gasteiger partial charge in [-0.25, -0.2) is 16.8 Å². The van der Waals surface area contributed by atoms with E-state index < -0.39 is 31.0 Å². The van der Waals surface area contributed by atoms with Crippen molar-refractivity contribution >= 4 is 31.3 Å². The average Bonchev–Trinajstić information content (AvgIpc) is 2.74. The van der Waals surface area contributed by atoms with E-state index in [1.54, 1.807) is 0 Å². The van der Waals surface area contributed by atoms with Crippen LogP contribution < -0.4 is 5.32 Å². The summed E-state index contributed by atoms with van der Waals surface area (Å²) in [4.78, 5) is 0.106. The summed E-state index contributed by atoms with van der Waals surface area (Å²) >= 11 is 5.78. The van der Waals surface area contributed by atoms with Crippen LogP contribution >= 0.6 is 11.6 Å². The van der Waals surface area contributed by atoms with Crippen molar-refractivity contribution in [1.82, 2.24) is 5.32 Å². The third-order valence-electron chi connectivity index (χ3n) is 3.95. The Labute approximate surface area is 136 Å². The molecule has 0 saturated carbocycles. The molecule has 1 aromatic carbocycles. The molecule has 22 heavy (non-hydrogen) atoms. The largest absolute Gasteiger partial charge is 0.309 e. The van der Waals surface area contributed by atoms with Gasteiger partial charge in [0.25, 0.3) is 0 Å². The van der Waals surface area contributed by atoms with Crippen molar-refractivity contribution < 1.29 is 16.8 Å². The van der Waals surface area contributed by atoms with Crippen LogP contribution in [0.15, 0.2) is 29.2 Å². The van der Waals surface area contributed by atoms with Crippen molar-refractivity contribution in [3.05, 3.63) is 29.3 Å². The minimum Gasteiger partial charge on any atom is -0.309 e. The maximum absolute atomic E-state index is 12.8. The first-order valence-corrected chi connectivity index (χ1v) is 10.9. The number of hydrogen-bond acceptors (Lipinski definition) is 5. The Bertz CT molecular complexity index is 729. The van der Waals surface area contributed by atoms with Gasteiger partial charge in [-0.15, -0.1) is 0 Å². The lowest BCUT2D eigenvalue weighted by Crippen LogP contribution is -2.46. The standard InChI is InChI=1S/C14H20ClNO4S2/c1-3-10(2)16-13-8-21(17,18)9-14(13)22(19,20)12-6-4-11(15)5-7-12/h4-7,10,13-14,16H,3,8-9H2,1-2H3. The van der Waals surface area contributed by atoms with Crippen molar-refractivity contribution in [3.63, 3.8) is 0 Å². The smallest absolute Gasteiger partial charge is 0.183 e. The van der Waals surface area contributed by atoms with Gasteiger partial charge in [-0.2, -0.15) is 0 Å². The van der Waals surface area contributed by atoms with Crippen molar-refractivity contribution in [2.75, 3.05) is 11.5 Å². The SMILES string of the molecule is CCC(C)NC1CS(=O)(=O)CC1S(=O)(=O)c1ccc(Cl)cc1. The van der Waals surface area contributed by atoms with Gasteiger partial charge in [0.15, 0.2) is 19.7 Å². The van der Waals surface area contributed by atoms with E-state index in [-0.39, 0.29) is 22.4 Å². The minimum absolute atomic E-state index is 0.0567. The molecule has 1 aliphatic rings. The van der Waals surface area contributed by atoms with Crippen LogP contribution in [0, 0.1) is 0 Å². The van der Waals surface area contributed by atoms with Crippen LogP contribution in [0.1, 0.15) is 20.3 Å². The molecule has 0 amide bonds. The highest BCUT2D eigenvalue weighted by atomic mass is 35.5. The second-order valence-electron chi connectivity index (χ2n) is 5.70. The molecule has 0 spiro atoms. The van der Waals surface area contributed by atoms with E-state index in [2.05, 4.69) is 5.32 Å². The Kier molecular flexibility index (Phi) is 5.21. The molecule has 0 aromatic heterocycles. The van der Waals surface area contributed by atoms with E-state index in [9.17, 15) is 16.8 Å². The maximum Gasteiger partial charge on any atom is 0.183 e. The summed E-state index contributed by atoms with van der Waals surface area (Å²) in [5.74, 6) is -0.485. The molecule has 1 fully saturated rings. The van der Waals surface area contributed by atoms with E-state index >= 15 is 0 Å². The first-order chi connectivity index (χ1) is 10.2. The first-order valence-electron chi connectivity index (χ1n) is 7.11. The zero-order chi connectivity index (χ0) is 16.5.